The fourth-order valence-electron chi connectivity index (χ4n) is 3.82. The standard InChI is InChI=1S/C23H32N4O2/c1-17(2)20-15-21(25-24-20)23(29)26-13-9-5-4-6-10-14-27(18(3)28)22-12-8-7-11-19(22)16-26/h7-8,11-12,15,17H,4-6,9-10,13-14,16H2,1-3H3,(H,24,25). The molecular weight excluding hydrogens is 364 g/mol. The van der Waals surface area contributed by atoms with Crippen LogP contribution in [0, 0.1) is 0 Å². The number of aromatic nitrogens is 2. The van der Waals surface area contributed by atoms with E-state index in [4.69, 9.17) is 0 Å². The summed E-state index contributed by atoms with van der Waals surface area (Å²) in [6, 6.07) is 9.78. The Morgan fingerprint density at radius 1 is 1.03 bits per heavy atom. The van der Waals surface area contributed by atoms with Gasteiger partial charge >= 0.3 is 0 Å². The Hall–Kier alpha value is -2.63. The fourth-order valence-corrected chi connectivity index (χ4v) is 3.82. The smallest absolute Gasteiger partial charge is 0.274 e. The van der Waals surface area contributed by atoms with Crippen molar-refractivity contribution >= 4 is 17.5 Å². The van der Waals surface area contributed by atoms with Crippen molar-refractivity contribution in [3.05, 3.63) is 47.3 Å². The first-order valence-corrected chi connectivity index (χ1v) is 10.7. The highest BCUT2D eigenvalue weighted by Crippen LogP contribution is 2.25. The summed E-state index contributed by atoms with van der Waals surface area (Å²) >= 11 is 0. The molecule has 2 aromatic rings. The largest absolute Gasteiger partial charge is 0.333 e. The van der Waals surface area contributed by atoms with Crippen LogP contribution in [0.15, 0.2) is 30.3 Å². The number of hydrogen-bond donors (Lipinski definition) is 1. The molecule has 0 atom stereocenters. The van der Waals surface area contributed by atoms with E-state index in [0.29, 0.717) is 24.7 Å². The number of anilines is 1. The average molecular weight is 397 g/mol. The lowest BCUT2D eigenvalue weighted by Gasteiger charge is -2.28. The summed E-state index contributed by atoms with van der Waals surface area (Å²) in [5.74, 6) is 0.274. The molecule has 1 aliphatic heterocycles. The summed E-state index contributed by atoms with van der Waals surface area (Å²) in [6.45, 7) is 7.65. The lowest BCUT2D eigenvalue weighted by atomic mass is 10.1. The van der Waals surface area contributed by atoms with Crippen molar-refractivity contribution in [1.82, 2.24) is 15.1 Å². The van der Waals surface area contributed by atoms with Crippen molar-refractivity contribution in [2.75, 3.05) is 18.0 Å². The van der Waals surface area contributed by atoms with E-state index >= 15 is 0 Å². The first-order chi connectivity index (χ1) is 14.0. The minimum absolute atomic E-state index is 0.0428. The van der Waals surface area contributed by atoms with Gasteiger partial charge in [0.25, 0.3) is 5.91 Å². The van der Waals surface area contributed by atoms with Crippen molar-refractivity contribution in [3.8, 4) is 0 Å². The van der Waals surface area contributed by atoms with Crippen LogP contribution in [0.1, 0.15) is 80.5 Å². The summed E-state index contributed by atoms with van der Waals surface area (Å²) in [7, 11) is 0. The SMILES string of the molecule is CC(=O)N1CCCCCCCN(C(=O)c2cc(C(C)C)[nH]n2)Cc2ccccc21. The summed E-state index contributed by atoms with van der Waals surface area (Å²) in [5.41, 5.74) is 3.33. The van der Waals surface area contributed by atoms with Gasteiger partial charge in [-0.3, -0.25) is 14.7 Å². The van der Waals surface area contributed by atoms with Crippen LogP contribution in [0.2, 0.25) is 0 Å². The second-order valence-electron chi connectivity index (χ2n) is 8.16. The van der Waals surface area contributed by atoms with Gasteiger partial charge in [0.1, 0.15) is 5.69 Å². The Morgan fingerprint density at radius 2 is 1.72 bits per heavy atom. The van der Waals surface area contributed by atoms with Gasteiger partial charge in [-0.1, -0.05) is 51.3 Å². The molecule has 0 radical (unpaired) electrons. The number of amides is 2. The molecule has 1 aliphatic rings. The Bertz CT molecular complexity index is 843. The van der Waals surface area contributed by atoms with Crippen LogP contribution in [0.25, 0.3) is 0 Å². The second-order valence-corrected chi connectivity index (χ2v) is 8.16. The minimum atomic E-state index is -0.0608. The monoisotopic (exact) mass is 396 g/mol. The minimum Gasteiger partial charge on any atom is -0.333 e. The summed E-state index contributed by atoms with van der Waals surface area (Å²) in [4.78, 5) is 29.3. The van der Waals surface area contributed by atoms with E-state index in [1.54, 1.807) is 6.92 Å². The predicted octanol–water partition coefficient (Wildman–Crippen LogP) is 4.49. The van der Waals surface area contributed by atoms with Crippen molar-refractivity contribution in [2.24, 2.45) is 0 Å². The molecule has 29 heavy (non-hydrogen) atoms. The van der Waals surface area contributed by atoms with Crippen molar-refractivity contribution in [3.63, 3.8) is 0 Å². The van der Waals surface area contributed by atoms with Gasteiger partial charge < -0.3 is 9.80 Å². The molecule has 1 N–H and O–H groups in total. The number of H-pyrrole nitrogens is 1. The lowest BCUT2D eigenvalue weighted by molar-refractivity contribution is -0.116. The number of benzene rings is 1. The first-order valence-electron chi connectivity index (χ1n) is 10.7. The molecule has 0 saturated carbocycles. The Kier molecular flexibility index (Phi) is 7.07. The highest BCUT2D eigenvalue weighted by atomic mass is 16.2. The molecule has 1 aromatic carbocycles. The number of nitrogens with zero attached hydrogens (tertiary/aromatic N) is 3. The molecule has 0 aliphatic carbocycles. The van der Waals surface area contributed by atoms with E-state index in [1.807, 2.05) is 40.1 Å². The number of para-hydroxylation sites is 1. The van der Waals surface area contributed by atoms with Crippen LogP contribution in [0.3, 0.4) is 0 Å². The van der Waals surface area contributed by atoms with Gasteiger partial charge in [-0.15, -0.1) is 0 Å². The Balaban J connectivity index is 1.91. The van der Waals surface area contributed by atoms with Crippen LogP contribution >= 0.6 is 0 Å². The maximum Gasteiger partial charge on any atom is 0.274 e. The molecule has 1 aromatic heterocycles. The van der Waals surface area contributed by atoms with Crippen molar-refractivity contribution in [2.45, 2.75) is 65.3 Å². The number of aromatic amines is 1. The number of carbonyl (C=O) groups excluding carboxylic acids is 2. The van der Waals surface area contributed by atoms with Crippen LogP contribution < -0.4 is 4.90 Å². The van der Waals surface area contributed by atoms with Gasteiger partial charge in [0.2, 0.25) is 5.91 Å². The molecule has 3 rings (SSSR count). The predicted molar refractivity (Wildman–Crippen MR) is 115 cm³/mol. The third-order valence-electron chi connectivity index (χ3n) is 5.56. The van der Waals surface area contributed by atoms with Gasteiger partial charge in [0.05, 0.1) is 0 Å². The van der Waals surface area contributed by atoms with Gasteiger partial charge in [0.15, 0.2) is 0 Å². The molecule has 0 fully saturated rings. The Morgan fingerprint density at radius 3 is 2.41 bits per heavy atom. The maximum atomic E-state index is 13.2. The topological polar surface area (TPSA) is 69.3 Å². The zero-order valence-electron chi connectivity index (χ0n) is 17.8. The van der Waals surface area contributed by atoms with Crippen LogP contribution in [-0.4, -0.2) is 40.0 Å². The number of nitrogens with one attached hydrogen (secondary N) is 1. The number of rotatable bonds is 2. The third-order valence-corrected chi connectivity index (χ3v) is 5.56. The zero-order valence-corrected chi connectivity index (χ0v) is 17.8. The third kappa shape index (κ3) is 5.25. The maximum absolute atomic E-state index is 13.2. The zero-order chi connectivity index (χ0) is 20.8. The summed E-state index contributed by atoms with van der Waals surface area (Å²) in [5, 5.41) is 7.25. The molecule has 6 heteroatoms. The van der Waals surface area contributed by atoms with E-state index in [9.17, 15) is 9.59 Å². The molecule has 0 spiro atoms. The molecule has 6 nitrogen and oxygen atoms in total. The molecule has 0 saturated heterocycles. The van der Waals surface area contributed by atoms with E-state index in [2.05, 4.69) is 24.0 Å². The quantitative estimate of drug-likeness (QED) is 0.813. The lowest BCUT2D eigenvalue weighted by Crippen LogP contribution is -2.35. The van der Waals surface area contributed by atoms with Crippen LogP contribution in [0.5, 0.6) is 0 Å². The van der Waals surface area contributed by atoms with Crippen molar-refractivity contribution in [1.29, 1.82) is 0 Å². The van der Waals surface area contributed by atoms with Gasteiger partial charge in [-0.05, 0) is 36.5 Å². The second kappa shape index (κ2) is 9.72. The molecule has 0 unspecified atom stereocenters. The Labute approximate surface area is 173 Å². The van der Waals surface area contributed by atoms with Crippen LogP contribution in [0.4, 0.5) is 5.69 Å². The highest BCUT2D eigenvalue weighted by molar-refractivity contribution is 5.94. The number of hydrogen-bond acceptors (Lipinski definition) is 3. The fraction of sp³-hybridized carbons (Fsp3) is 0.522. The highest BCUT2D eigenvalue weighted by Gasteiger charge is 2.23. The number of carbonyl (C=O) groups is 2. The average Bonchev–Trinajstić information content (AvgIpc) is 3.18. The summed E-state index contributed by atoms with van der Waals surface area (Å²) in [6.07, 6.45) is 5.28. The molecule has 156 valence electrons. The molecule has 2 amide bonds. The first kappa shape index (κ1) is 21.1. The summed E-state index contributed by atoms with van der Waals surface area (Å²) < 4.78 is 0. The van der Waals surface area contributed by atoms with Gasteiger partial charge in [-0.2, -0.15) is 5.10 Å². The van der Waals surface area contributed by atoms with Crippen molar-refractivity contribution < 1.29 is 9.59 Å². The molecular formula is C23H32N4O2. The van der Waals surface area contributed by atoms with E-state index in [1.165, 1.54) is 0 Å². The number of fused-ring (bicyclic) bond motifs is 1. The van der Waals surface area contributed by atoms with Gasteiger partial charge in [-0.25, -0.2) is 0 Å². The normalized spacial score (nSPS) is 16.1. The van der Waals surface area contributed by atoms with Crippen LogP contribution in [-0.2, 0) is 11.3 Å². The molecule has 0 bridgehead atoms. The van der Waals surface area contributed by atoms with E-state index in [-0.39, 0.29) is 11.8 Å². The van der Waals surface area contributed by atoms with Gasteiger partial charge in [0, 0.05) is 37.9 Å². The van der Waals surface area contributed by atoms with E-state index in [0.717, 1.165) is 55.6 Å². The van der Waals surface area contributed by atoms with E-state index < -0.39 is 0 Å². The molecule has 2 heterocycles.